The second kappa shape index (κ2) is 7.40. The first-order valence-electron chi connectivity index (χ1n) is 6.31. The van der Waals surface area contributed by atoms with E-state index in [2.05, 4.69) is 10.5 Å². The Hall–Kier alpha value is -2.20. The van der Waals surface area contributed by atoms with Gasteiger partial charge in [0.05, 0.1) is 12.6 Å². The monoisotopic (exact) mass is 284 g/mol. The van der Waals surface area contributed by atoms with Crippen LogP contribution in [0.5, 0.6) is 0 Å². The van der Waals surface area contributed by atoms with E-state index in [4.69, 9.17) is 0 Å². The summed E-state index contributed by atoms with van der Waals surface area (Å²) in [5.41, 5.74) is 4.63. The quantitative estimate of drug-likeness (QED) is 0.662. The normalized spacial score (nSPS) is 11.8. The molecule has 1 heterocycles. The number of benzene rings is 1. The number of carbonyl (C=O) groups excluding carboxylic acids is 1. The Morgan fingerprint density at radius 1 is 1.25 bits per heavy atom. The molecule has 0 aliphatic heterocycles. The van der Waals surface area contributed by atoms with Crippen LogP contribution in [0.3, 0.4) is 0 Å². The van der Waals surface area contributed by atoms with E-state index in [1.165, 1.54) is 0 Å². The third-order valence-electron chi connectivity index (χ3n) is 2.57. The minimum absolute atomic E-state index is 0.101. The summed E-state index contributed by atoms with van der Waals surface area (Å²) in [7, 11) is 0. The molecule has 1 aromatic carbocycles. The fourth-order valence-electron chi connectivity index (χ4n) is 1.67. The van der Waals surface area contributed by atoms with Gasteiger partial charge in [-0.05, 0) is 29.5 Å². The van der Waals surface area contributed by atoms with Crippen molar-refractivity contribution in [1.82, 2.24) is 5.43 Å². The van der Waals surface area contributed by atoms with Crippen LogP contribution in [0, 0.1) is 0 Å². The SMILES string of the molecule is CC(/C=N\NC(=O)Cc1cccs1)=C\c1ccccc1. The van der Waals surface area contributed by atoms with Gasteiger partial charge < -0.3 is 0 Å². The van der Waals surface area contributed by atoms with Gasteiger partial charge in [-0.25, -0.2) is 5.43 Å². The molecule has 1 aromatic heterocycles. The zero-order valence-corrected chi connectivity index (χ0v) is 12.1. The van der Waals surface area contributed by atoms with Crippen LogP contribution in [0.1, 0.15) is 17.4 Å². The number of hydrogen-bond acceptors (Lipinski definition) is 3. The van der Waals surface area contributed by atoms with Crippen LogP contribution in [0.2, 0.25) is 0 Å². The van der Waals surface area contributed by atoms with Gasteiger partial charge in [-0.15, -0.1) is 11.3 Å². The number of allylic oxidation sites excluding steroid dienone is 1. The molecule has 1 amide bonds. The first-order chi connectivity index (χ1) is 9.74. The van der Waals surface area contributed by atoms with E-state index < -0.39 is 0 Å². The average Bonchev–Trinajstić information content (AvgIpc) is 2.92. The van der Waals surface area contributed by atoms with Crippen molar-refractivity contribution >= 4 is 29.5 Å². The molecule has 0 saturated heterocycles. The van der Waals surface area contributed by atoms with Crippen molar-refractivity contribution in [3.8, 4) is 0 Å². The van der Waals surface area contributed by atoms with Crippen LogP contribution in [0.4, 0.5) is 0 Å². The van der Waals surface area contributed by atoms with Gasteiger partial charge in [0.1, 0.15) is 0 Å². The lowest BCUT2D eigenvalue weighted by Gasteiger charge is -1.98. The standard InChI is InChI=1S/C16H16N2OS/c1-13(10-14-6-3-2-4-7-14)12-17-18-16(19)11-15-8-5-9-20-15/h2-10,12H,11H2,1H3,(H,18,19)/b13-10+,17-12-. The van der Waals surface area contributed by atoms with Gasteiger partial charge in [0.15, 0.2) is 0 Å². The summed E-state index contributed by atoms with van der Waals surface area (Å²) in [5.74, 6) is -0.101. The summed E-state index contributed by atoms with van der Waals surface area (Å²) in [6, 6.07) is 13.9. The average molecular weight is 284 g/mol. The smallest absolute Gasteiger partial charge is 0.245 e. The second-order valence-corrected chi connectivity index (χ2v) is 5.38. The van der Waals surface area contributed by atoms with Gasteiger partial charge in [-0.3, -0.25) is 4.79 Å². The van der Waals surface area contributed by atoms with E-state index in [9.17, 15) is 4.79 Å². The van der Waals surface area contributed by atoms with E-state index in [1.54, 1.807) is 17.6 Å². The van der Waals surface area contributed by atoms with Crippen molar-refractivity contribution in [2.45, 2.75) is 13.3 Å². The molecular formula is C16H16N2OS. The summed E-state index contributed by atoms with van der Waals surface area (Å²) in [5, 5.41) is 5.92. The van der Waals surface area contributed by atoms with Crippen molar-refractivity contribution in [1.29, 1.82) is 0 Å². The van der Waals surface area contributed by atoms with Gasteiger partial charge in [0.25, 0.3) is 0 Å². The Morgan fingerprint density at radius 3 is 2.75 bits per heavy atom. The van der Waals surface area contributed by atoms with Crippen LogP contribution in [-0.2, 0) is 11.2 Å². The van der Waals surface area contributed by atoms with Crippen molar-refractivity contribution < 1.29 is 4.79 Å². The lowest BCUT2D eigenvalue weighted by atomic mass is 10.1. The third kappa shape index (κ3) is 4.82. The molecule has 3 nitrogen and oxygen atoms in total. The Balaban J connectivity index is 1.84. The molecular weight excluding hydrogens is 268 g/mol. The summed E-state index contributed by atoms with van der Waals surface area (Å²) in [6.07, 6.45) is 4.03. The molecule has 0 aliphatic carbocycles. The summed E-state index contributed by atoms with van der Waals surface area (Å²) in [6.45, 7) is 1.95. The highest BCUT2D eigenvalue weighted by atomic mass is 32.1. The van der Waals surface area contributed by atoms with Crippen molar-refractivity contribution in [2.75, 3.05) is 0 Å². The first-order valence-corrected chi connectivity index (χ1v) is 7.19. The van der Waals surface area contributed by atoms with Crippen LogP contribution < -0.4 is 5.43 Å². The molecule has 0 spiro atoms. The molecule has 0 saturated carbocycles. The van der Waals surface area contributed by atoms with Crippen molar-refractivity contribution in [2.24, 2.45) is 5.10 Å². The Kier molecular flexibility index (Phi) is 5.26. The molecule has 0 atom stereocenters. The minimum Gasteiger partial charge on any atom is -0.273 e. The predicted octanol–water partition coefficient (Wildman–Crippen LogP) is 3.50. The molecule has 4 heteroatoms. The molecule has 20 heavy (non-hydrogen) atoms. The van der Waals surface area contributed by atoms with Crippen LogP contribution in [-0.4, -0.2) is 12.1 Å². The molecule has 2 rings (SSSR count). The maximum absolute atomic E-state index is 11.6. The van der Waals surface area contributed by atoms with Crippen LogP contribution in [0.25, 0.3) is 6.08 Å². The molecule has 0 fully saturated rings. The lowest BCUT2D eigenvalue weighted by molar-refractivity contribution is -0.120. The fraction of sp³-hybridized carbons (Fsp3) is 0.125. The van der Waals surface area contributed by atoms with E-state index in [1.807, 2.05) is 60.8 Å². The molecule has 0 bridgehead atoms. The number of carbonyl (C=O) groups is 1. The number of nitrogens with one attached hydrogen (secondary N) is 1. The summed E-state index contributed by atoms with van der Waals surface area (Å²) in [4.78, 5) is 12.6. The second-order valence-electron chi connectivity index (χ2n) is 4.35. The Labute approximate surface area is 122 Å². The highest BCUT2D eigenvalue weighted by Gasteiger charge is 2.01. The number of thiophene rings is 1. The molecule has 102 valence electrons. The number of hydrazone groups is 1. The van der Waals surface area contributed by atoms with E-state index >= 15 is 0 Å². The Morgan fingerprint density at radius 2 is 2.05 bits per heavy atom. The molecule has 2 aromatic rings. The van der Waals surface area contributed by atoms with Crippen molar-refractivity contribution in [3.63, 3.8) is 0 Å². The summed E-state index contributed by atoms with van der Waals surface area (Å²) < 4.78 is 0. The molecule has 0 unspecified atom stereocenters. The highest BCUT2D eigenvalue weighted by Crippen LogP contribution is 2.08. The van der Waals surface area contributed by atoms with Gasteiger partial charge in [0, 0.05) is 4.88 Å². The van der Waals surface area contributed by atoms with E-state index in [0.717, 1.165) is 16.0 Å². The van der Waals surface area contributed by atoms with Gasteiger partial charge in [-0.1, -0.05) is 42.5 Å². The van der Waals surface area contributed by atoms with Gasteiger partial charge >= 0.3 is 0 Å². The number of amides is 1. The number of rotatable bonds is 5. The molecule has 0 radical (unpaired) electrons. The van der Waals surface area contributed by atoms with E-state index in [0.29, 0.717) is 6.42 Å². The first kappa shape index (κ1) is 14.2. The summed E-state index contributed by atoms with van der Waals surface area (Å²) >= 11 is 1.57. The van der Waals surface area contributed by atoms with Gasteiger partial charge in [-0.2, -0.15) is 5.10 Å². The number of nitrogens with zero attached hydrogens (tertiary/aromatic N) is 1. The predicted molar refractivity (Wildman–Crippen MR) is 84.8 cm³/mol. The fourth-order valence-corrected chi connectivity index (χ4v) is 2.37. The zero-order valence-electron chi connectivity index (χ0n) is 11.2. The van der Waals surface area contributed by atoms with Crippen LogP contribution >= 0.6 is 11.3 Å². The highest BCUT2D eigenvalue weighted by molar-refractivity contribution is 7.10. The Bertz CT molecular complexity index is 601. The largest absolute Gasteiger partial charge is 0.273 e. The topological polar surface area (TPSA) is 41.5 Å². The van der Waals surface area contributed by atoms with Crippen LogP contribution in [0.15, 0.2) is 58.5 Å². The zero-order chi connectivity index (χ0) is 14.2. The third-order valence-corrected chi connectivity index (χ3v) is 3.44. The maximum Gasteiger partial charge on any atom is 0.245 e. The number of hydrogen-bond donors (Lipinski definition) is 1. The lowest BCUT2D eigenvalue weighted by Crippen LogP contribution is -2.19. The van der Waals surface area contributed by atoms with Crippen molar-refractivity contribution in [3.05, 3.63) is 63.9 Å². The van der Waals surface area contributed by atoms with E-state index in [-0.39, 0.29) is 5.91 Å². The molecule has 0 aliphatic rings. The molecule has 1 N–H and O–H groups in total. The maximum atomic E-state index is 11.6. The minimum atomic E-state index is -0.101. The van der Waals surface area contributed by atoms with Gasteiger partial charge in [0.2, 0.25) is 5.91 Å².